The standard InChI is InChI=1S/C23H31N3O2S/c1-4-28-22-8-6-5-7-21(22)26-15-13-25(14-16-26)18-23(27)24(2)17-19-9-11-20(29-3)12-10-19/h5-12H,4,13-18H2,1-3H3/p+1. The molecule has 2 aromatic carbocycles. The van der Waals surface area contributed by atoms with Gasteiger partial charge in [0.05, 0.1) is 38.5 Å². The molecule has 1 saturated heterocycles. The fraction of sp³-hybridized carbons (Fsp3) is 0.435. The van der Waals surface area contributed by atoms with E-state index in [2.05, 4.69) is 47.6 Å². The number of nitrogens with zero attached hydrogens (tertiary/aromatic N) is 2. The molecule has 5 nitrogen and oxygen atoms in total. The van der Waals surface area contributed by atoms with Crippen molar-refractivity contribution in [3.05, 3.63) is 54.1 Å². The number of para-hydroxylation sites is 2. The van der Waals surface area contributed by atoms with Crippen molar-refractivity contribution in [2.45, 2.75) is 18.4 Å². The molecule has 0 bridgehead atoms. The Morgan fingerprint density at radius 3 is 2.48 bits per heavy atom. The van der Waals surface area contributed by atoms with E-state index in [1.165, 1.54) is 15.4 Å². The van der Waals surface area contributed by atoms with Crippen LogP contribution < -0.4 is 14.5 Å². The van der Waals surface area contributed by atoms with Gasteiger partial charge in [0.15, 0.2) is 6.54 Å². The smallest absolute Gasteiger partial charge is 0.277 e. The van der Waals surface area contributed by atoms with Gasteiger partial charge in [-0.2, -0.15) is 0 Å². The second-order valence-electron chi connectivity index (χ2n) is 7.41. The van der Waals surface area contributed by atoms with Crippen LogP contribution in [0, 0.1) is 0 Å². The van der Waals surface area contributed by atoms with Crippen LogP contribution in [0.2, 0.25) is 0 Å². The second kappa shape index (κ2) is 10.6. The fourth-order valence-electron chi connectivity index (χ4n) is 3.68. The SMILES string of the molecule is CCOc1ccccc1N1CC[NH+](CC(=O)N(C)Cc2ccc(SC)cc2)CC1. The van der Waals surface area contributed by atoms with E-state index in [0.29, 0.717) is 19.7 Å². The number of hydrogen-bond acceptors (Lipinski definition) is 4. The molecule has 1 heterocycles. The van der Waals surface area contributed by atoms with Crippen molar-refractivity contribution >= 4 is 23.4 Å². The average molecular weight is 415 g/mol. The van der Waals surface area contributed by atoms with Crippen molar-refractivity contribution in [2.24, 2.45) is 0 Å². The highest BCUT2D eigenvalue weighted by Crippen LogP contribution is 2.27. The van der Waals surface area contributed by atoms with Crippen LogP contribution in [0.25, 0.3) is 0 Å². The molecule has 1 aliphatic rings. The number of anilines is 1. The van der Waals surface area contributed by atoms with E-state index in [1.807, 2.05) is 31.0 Å². The van der Waals surface area contributed by atoms with E-state index < -0.39 is 0 Å². The maximum atomic E-state index is 12.7. The van der Waals surface area contributed by atoms with Crippen molar-refractivity contribution in [3.63, 3.8) is 0 Å². The fourth-order valence-corrected chi connectivity index (χ4v) is 4.09. The quantitative estimate of drug-likeness (QED) is 0.672. The molecule has 0 unspecified atom stereocenters. The predicted octanol–water partition coefficient (Wildman–Crippen LogP) is 2.17. The Morgan fingerprint density at radius 2 is 1.83 bits per heavy atom. The summed E-state index contributed by atoms with van der Waals surface area (Å²) in [5, 5.41) is 0. The van der Waals surface area contributed by atoms with Crippen LogP contribution in [0.3, 0.4) is 0 Å². The average Bonchev–Trinajstić information content (AvgIpc) is 2.75. The van der Waals surface area contributed by atoms with E-state index in [0.717, 1.165) is 37.6 Å². The number of hydrogen-bond donors (Lipinski definition) is 1. The summed E-state index contributed by atoms with van der Waals surface area (Å²) < 4.78 is 5.77. The number of carbonyl (C=O) groups excluding carboxylic acids is 1. The highest BCUT2D eigenvalue weighted by Gasteiger charge is 2.25. The maximum Gasteiger partial charge on any atom is 0.277 e. The number of quaternary nitrogens is 1. The first-order chi connectivity index (χ1) is 14.1. The molecule has 0 radical (unpaired) electrons. The van der Waals surface area contributed by atoms with Gasteiger partial charge in [-0.15, -0.1) is 11.8 Å². The number of piperazine rings is 1. The summed E-state index contributed by atoms with van der Waals surface area (Å²) in [5.41, 5.74) is 2.33. The lowest BCUT2D eigenvalue weighted by Gasteiger charge is -2.34. The molecule has 1 N–H and O–H groups in total. The number of thioether (sulfide) groups is 1. The van der Waals surface area contributed by atoms with Gasteiger partial charge in [0.1, 0.15) is 5.75 Å². The third-order valence-corrected chi connectivity index (χ3v) is 6.13. The molecule has 1 amide bonds. The van der Waals surface area contributed by atoms with E-state index in [-0.39, 0.29) is 5.91 Å². The lowest BCUT2D eigenvalue weighted by Crippen LogP contribution is -3.15. The molecule has 0 spiro atoms. The van der Waals surface area contributed by atoms with Crippen molar-refractivity contribution in [1.82, 2.24) is 4.90 Å². The molecular weight excluding hydrogens is 382 g/mol. The van der Waals surface area contributed by atoms with Crippen LogP contribution in [0.4, 0.5) is 5.69 Å². The van der Waals surface area contributed by atoms with Gasteiger partial charge in [0.2, 0.25) is 0 Å². The Balaban J connectivity index is 1.49. The normalized spacial score (nSPS) is 14.7. The minimum atomic E-state index is 0.206. The van der Waals surface area contributed by atoms with Gasteiger partial charge in [-0.1, -0.05) is 24.3 Å². The molecule has 156 valence electrons. The molecular formula is C23H32N3O2S+. The van der Waals surface area contributed by atoms with Crippen LogP contribution in [-0.4, -0.2) is 63.4 Å². The molecule has 0 saturated carbocycles. The van der Waals surface area contributed by atoms with Gasteiger partial charge >= 0.3 is 0 Å². The minimum Gasteiger partial charge on any atom is -0.492 e. The van der Waals surface area contributed by atoms with Gasteiger partial charge in [0.25, 0.3) is 5.91 Å². The zero-order valence-electron chi connectivity index (χ0n) is 17.7. The molecule has 0 aliphatic carbocycles. The van der Waals surface area contributed by atoms with Crippen molar-refractivity contribution < 1.29 is 14.4 Å². The van der Waals surface area contributed by atoms with Crippen LogP contribution in [0.5, 0.6) is 5.75 Å². The number of ether oxygens (including phenoxy) is 1. The summed E-state index contributed by atoms with van der Waals surface area (Å²) in [5.74, 6) is 1.15. The Kier molecular flexibility index (Phi) is 7.83. The van der Waals surface area contributed by atoms with Crippen molar-refractivity contribution in [3.8, 4) is 5.75 Å². The van der Waals surface area contributed by atoms with Gasteiger partial charge < -0.3 is 19.4 Å². The second-order valence-corrected chi connectivity index (χ2v) is 8.29. The lowest BCUT2D eigenvalue weighted by molar-refractivity contribution is -0.892. The lowest BCUT2D eigenvalue weighted by atomic mass is 10.2. The molecule has 1 fully saturated rings. The Hall–Kier alpha value is -2.18. The molecule has 3 rings (SSSR count). The maximum absolute atomic E-state index is 12.7. The molecule has 29 heavy (non-hydrogen) atoms. The summed E-state index contributed by atoms with van der Waals surface area (Å²) in [6.07, 6.45) is 2.07. The Labute approximate surface area is 178 Å². The Morgan fingerprint density at radius 1 is 1.14 bits per heavy atom. The first-order valence-electron chi connectivity index (χ1n) is 10.3. The predicted molar refractivity (Wildman–Crippen MR) is 120 cm³/mol. The minimum absolute atomic E-state index is 0.206. The highest BCUT2D eigenvalue weighted by atomic mass is 32.2. The largest absolute Gasteiger partial charge is 0.492 e. The molecule has 0 aromatic heterocycles. The van der Waals surface area contributed by atoms with Gasteiger partial charge in [-0.05, 0) is 43.0 Å². The Bertz CT molecular complexity index is 789. The van der Waals surface area contributed by atoms with Crippen LogP contribution in [0.1, 0.15) is 12.5 Å². The number of benzene rings is 2. The van der Waals surface area contributed by atoms with Crippen LogP contribution in [-0.2, 0) is 11.3 Å². The number of likely N-dealkylation sites (N-methyl/N-ethyl adjacent to an activating group) is 1. The topological polar surface area (TPSA) is 37.2 Å². The van der Waals surface area contributed by atoms with E-state index in [4.69, 9.17) is 4.74 Å². The highest BCUT2D eigenvalue weighted by molar-refractivity contribution is 7.98. The molecule has 2 aromatic rings. The summed E-state index contributed by atoms with van der Waals surface area (Å²) in [4.78, 5) is 19.5. The zero-order valence-corrected chi connectivity index (χ0v) is 18.5. The van der Waals surface area contributed by atoms with E-state index >= 15 is 0 Å². The number of carbonyl (C=O) groups is 1. The number of nitrogens with one attached hydrogen (secondary N) is 1. The zero-order chi connectivity index (χ0) is 20.6. The molecule has 6 heteroatoms. The van der Waals surface area contributed by atoms with Crippen LogP contribution in [0.15, 0.2) is 53.4 Å². The third-order valence-electron chi connectivity index (χ3n) is 5.38. The summed E-state index contributed by atoms with van der Waals surface area (Å²) in [7, 11) is 1.90. The number of rotatable bonds is 8. The monoisotopic (exact) mass is 414 g/mol. The molecule has 0 atom stereocenters. The van der Waals surface area contributed by atoms with Gasteiger partial charge in [0, 0.05) is 18.5 Å². The van der Waals surface area contributed by atoms with E-state index in [9.17, 15) is 4.79 Å². The van der Waals surface area contributed by atoms with Crippen LogP contribution >= 0.6 is 11.8 Å². The first-order valence-corrected chi connectivity index (χ1v) is 11.5. The number of amides is 1. The van der Waals surface area contributed by atoms with Gasteiger partial charge in [-0.3, -0.25) is 4.79 Å². The summed E-state index contributed by atoms with van der Waals surface area (Å²) in [6, 6.07) is 16.7. The molecule has 1 aliphatic heterocycles. The van der Waals surface area contributed by atoms with Crippen molar-refractivity contribution in [1.29, 1.82) is 0 Å². The van der Waals surface area contributed by atoms with E-state index in [1.54, 1.807) is 11.8 Å². The first kappa shape index (κ1) is 21.5. The summed E-state index contributed by atoms with van der Waals surface area (Å²) >= 11 is 1.73. The summed E-state index contributed by atoms with van der Waals surface area (Å²) in [6.45, 7) is 7.69. The van der Waals surface area contributed by atoms with Gasteiger partial charge in [-0.25, -0.2) is 0 Å². The third kappa shape index (κ3) is 5.90. The van der Waals surface area contributed by atoms with Crippen molar-refractivity contribution in [2.75, 3.05) is 57.5 Å².